The van der Waals surface area contributed by atoms with Gasteiger partial charge in [-0.05, 0) is 63.8 Å². The maximum Gasteiger partial charge on any atom is 0.308 e. The van der Waals surface area contributed by atoms with Gasteiger partial charge in [0, 0.05) is 48.7 Å². The molecule has 200 valence electrons. The lowest BCUT2D eigenvalue weighted by Crippen LogP contribution is -2.68. The molecule has 2 aliphatic heterocycles. The highest BCUT2D eigenvalue weighted by molar-refractivity contribution is 5.92. The zero-order valence-corrected chi connectivity index (χ0v) is 22.8. The van der Waals surface area contributed by atoms with Crippen LogP contribution in [-0.2, 0) is 21.4 Å². The average Bonchev–Trinajstić information content (AvgIpc) is 3.24. The summed E-state index contributed by atoms with van der Waals surface area (Å²) in [6.45, 7) is 4.44. The van der Waals surface area contributed by atoms with Gasteiger partial charge in [-0.3, -0.25) is 9.59 Å². The molecule has 38 heavy (non-hydrogen) atoms. The van der Waals surface area contributed by atoms with Crippen molar-refractivity contribution in [3.63, 3.8) is 0 Å². The average molecular weight is 517 g/mol. The number of rotatable bonds is 5. The minimum absolute atomic E-state index is 0.0287. The van der Waals surface area contributed by atoms with E-state index in [0.717, 1.165) is 60.2 Å². The van der Waals surface area contributed by atoms with Crippen molar-refractivity contribution in [3.05, 3.63) is 58.7 Å². The summed E-state index contributed by atoms with van der Waals surface area (Å²) in [5, 5.41) is 0. The smallest absolute Gasteiger partial charge is 0.308 e. The number of carbonyl (C=O) groups excluding carboxylic acids is 2. The lowest BCUT2D eigenvalue weighted by atomic mass is 9.51. The lowest BCUT2D eigenvalue weighted by Gasteiger charge is -2.59. The summed E-state index contributed by atoms with van der Waals surface area (Å²) >= 11 is 0. The molecule has 1 spiro atoms. The Balaban J connectivity index is 1.40. The Hall–Kier alpha value is -3.32. The van der Waals surface area contributed by atoms with Gasteiger partial charge in [-0.2, -0.15) is 0 Å². The number of nitrogens with zero attached hydrogens (tertiary/aromatic N) is 2. The van der Waals surface area contributed by atoms with Gasteiger partial charge in [-0.25, -0.2) is 0 Å². The Labute approximate surface area is 224 Å². The standard InChI is InChI=1S/C31H36N2O5/c1-18-7-6-8-20(15-18)9-12-27(35)33(4)23-11-10-22-24-16-21-25(37-19(2)34)17-26(36-5)29-28(21)31(22,30(23)38-29)13-14-32(24)3/h6-9,12,15,17,22-24,30H,10-11,13-14,16H2,1-5H3/t22-,23-,24+,30-,31-/m0/s1. The predicted octanol–water partition coefficient (Wildman–Crippen LogP) is 4.14. The molecule has 6 rings (SSSR count). The predicted molar refractivity (Wildman–Crippen MR) is 145 cm³/mol. The number of likely N-dealkylation sites (N-methyl/N-ethyl adjacent to an activating group) is 2. The third-order valence-electron chi connectivity index (χ3n) is 9.42. The van der Waals surface area contributed by atoms with E-state index in [0.29, 0.717) is 23.5 Å². The minimum Gasteiger partial charge on any atom is -0.493 e. The van der Waals surface area contributed by atoms with Gasteiger partial charge in [0.15, 0.2) is 11.5 Å². The first-order chi connectivity index (χ1) is 18.2. The normalized spacial score (nSPS) is 29.0. The van der Waals surface area contributed by atoms with E-state index in [1.54, 1.807) is 19.3 Å². The highest BCUT2D eigenvalue weighted by Gasteiger charge is 2.66. The SMILES string of the molecule is COc1cc(OC(C)=O)c2c3c1O[C@H]1[C@@H](N(C)C(=O)C=Cc4cccc(C)c4)CC[C@H]4[C@@H](C2)N(C)CC[C@@]341. The van der Waals surface area contributed by atoms with E-state index in [1.165, 1.54) is 6.92 Å². The summed E-state index contributed by atoms with van der Waals surface area (Å²) in [5.41, 5.74) is 4.13. The molecule has 2 aromatic carbocycles. The molecule has 2 heterocycles. The van der Waals surface area contributed by atoms with Gasteiger partial charge in [0.1, 0.15) is 11.9 Å². The summed E-state index contributed by atoms with van der Waals surface area (Å²) in [6, 6.07) is 10.2. The summed E-state index contributed by atoms with van der Waals surface area (Å²) < 4.78 is 18.4. The van der Waals surface area contributed by atoms with Gasteiger partial charge in [0.2, 0.25) is 5.91 Å². The highest BCUT2D eigenvalue weighted by atomic mass is 16.5. The maximum atomic E-state index is 13.4. The number of amides is 1. The van der Waals surface area contributed by atoms with Crippen LogP contribution in [0.3, 0.4) is 0 Å². The third-order valence-corrected chi connectivity index (χ3v) is 9.42. The highest BCUT2D eigenvalue weighted by Crippen LogP contribution is 2.65. The number of benzene rings is 2. The zero-order valence-electron chi connectivity index (χ0n) is 22.8. The van der Waals surface area contributed by atoms with Crippen LogP contribution in [0.1, 0.15) is 48.4 Å². The molecule has 0 radical (unpaired) electrons. The number of hydrogen-bond donors (Lipinski definition) is 0. The zero-order chi connectivity index (χ0) is 26.8. The largest absolute Gasteiger partial charge is 0.493 e. The van der Waals surface area contributed by atoms with Crippen LogP contribution in [-0.4, -0.2) is 67.6 Å². The van der Waals surface area contributed by atoms with E-state index in [4.69, 9.17) is 14.2 Å². The van der Waals surface area contributed by atoms with Crippen molar-refractivity contribution in [1.29, 1.82) is 0 Å². The molecule has 2 aliphatic carbocycles. The van der Waals surface area contributed by atoms with Crippen molar-refractivity contribution < 1.29 is 23.8 Å². The van der Waals surface area contributed by atoms with Crippen LogP contribution in [0.25, 0.3) is 6.08 Å². The van der Waals surface area contributed by atoms with Crippen LogP contribution >= 0.6 is 0 Å². The number of piperidine rings is 1. The number of likely N-dealkylation sites (tertiary alicyclic amines) is 1. The van der Waals surface area contributed by atoms with Crippen LogP contribution in [0.4, 0.5) is 0 Å². The van der Waals surface area contributed by atoms with E-state index in [1.807, 2.05) is 43.1 Å². The number of carbonyl (C=O) groups is 2. The molecular weight excluding hydrogens is 480 g/mol. The molecule has 2 bridgehead atoms. The molecule has 7 nitrogen and oxygen atoms in total. The van der Waals surface area contributed by atoms with E-state index >= 15 is 0 Å². The molecule has 2 fully saturated rings. The minimum atomic E-state index is -0.343. The monoisotopic (exact) mass is 516 g/mol. The van der Waals surface area contributed by atoms with Gasteiger partial charge in [-0.15, -0.1) is 0 Å². The van der Waals surface area contributed by atoms with Crippen molar-refractivity contribution in [1.82, 2.24) is 9.80 Å². The topological polar surface area (TPSA) is 68.3 Å². The Kier molecular flexibility index (Phi) is 6.02. The molecule has 5 atom stereocenters. The van der Waals surface area contributed by atoms with Crippen LogP contribution in [0.5, 0.6) is 17.2 Å². The molecule has 0 unspecified atom stereocenters. The Morgan fingerprint density at radius 3 is 2.76 bits per heavy atom. The van der Waals surface area contributed by atoms with Gasteiger partial charge >= 0.3 is 5.97 Å². The third kappa shape index (κ3) is 3.66. The van der Waals surface area contributed by atoms with E-state index < -0.39 is 0 Å². The van der Waals surface area contributed by atoms with Crippen molar-refractivity contribution in [2.75, 3.05) is 27.7 Å². The van der Waals surface area contributed by atoms with Crippen molar-refractivity contribution in [2.24, 2.45) is 5.92 Å². The Bertz CT molecular complexity index is 1340. The van der Waals surface area contributed by atoms with Gasteiger partial charge in [0.05, 0.1) is 13.2 Å². The van der Waals surface area contributed by atoms with Crippen molar-refractivity contribution in [3.8, 4) is 17.2 Å². The molecule has 4 aliphatic rings. The first kappa shape index (κ1) is 25.0. The molecule has 7 heteroatoms. The number of aryl methyl sites for hydroxylation is 1. The van der Waals surface area contributed by atoms with Crippen LogP contribution in [0.15, 0.2) is 36.4 Å². The summed E-state index contributed by atoms with van der Waals surface area (Å²) in [7, 11) is 5.72. The fourth-order valence-corrected chi connectivity index (χ4v) is 7.77. The number of hydrogen-bond acceptors (Lipinski definition) is 6. The second-order valence-corrected chi connectivity index (χ2v) is 11.4. The molecule has 2 aromatic rings. The summed E-state index contributed by atoms with van der Waals surface area (Å²) in [6.07, 6.45) is 7.01. The first-order valence-corrected chi connectivity index (χ1v) is 13.6. The molecule has 1 amide bonds. The number of methoxy groups -OCH3 is 1. The molecule has 1 saturated heterocycles. The van der Waals surface area contributed by atoms with Gasteiger partial charge in [0.25, 0.3) is 0 Å². The van der Waals surface area contributed by atoms with Crippen molar-refractivity contribution >= 4 is 18.0 Å². The van der Waals surface area contributed by atoms with Gasteiger partial charge < -0.3 is 24.0 Å². The fraction of sp³-hybridized carbons (Fsp3) is 0.484. The number of esters is 1. The Morgan fingerprint density at radius 2 is 2.03 bits per heavy atom. The lowest BCUT2D eigenvalue weighted by molar-refractivity contribution is -0.135. The van der Waals surface area contributed by atoms with E-state index in [-0.39, 0.29) is 29.4 Å². The molecule has 0 N–H and O–H groups in total. The summed E-state index contributed by atoms with van der Waals surface area (Å²) in [5.74, 6) is 1.96. The second-order valence-electron chi connectivity index (χ2n) is 11.4. The van der Waals surface area contributed by atoms with Gasteiger partial charge in [-0.1, -0.05) is 29.8 Å². The first-order valence-electron chi connectivity index (χ1n) is 13.6. The van der Waals surface area contributed by atoms with Crippen LogP contribution in [0.2, 0.25) is 0 Å². The quantitative estimate of drug-likeness (QED) is 0.338. The fourth-order valence-electron chi connectivity index (χ4n) is 7.77. The molecule has 0 aromatic heterocycles. The van der Waals surface area contributed by atoms with E-state index in [9.17, 15) is 9.59 Å². The summed E-state index contributed by atoms with van der Waals surface area (Å²) in [4.78, 5) is 29.8. The van der Waals surface area contributed by atoms with E-state index in [2.05, 4.69) is 18.0 Å². The Morgan fingerprint density at radius 1 is 1.21 bits per heavy atom. The second kappa shape index (κ2) is 9.16. The maximum absolute atomic E-state index is 13.4. The van der Waals surface area contributed by atoms with Crippen LogP contribution < -0.4 is 14.2 Å². The number of ether oxygens (including phenoxy) is 3. The van der Waals surface area contributed by atoms with Crippen LogP contribution in [0, 0.1) is 12.8 Å². The molecule has 1 saturated carbocycles. The molecular formula is C31H36N2O5. The van der Waals surface area contributed by atoms with Crippen molar-refractivity contribution in [2.45, 2.75) is 63.1 Å².